The second kappa shape index (κ2) is 10.6. The molecule has 1 aromatic heterocycles. The summed E-state index contributed by atoms with van der Waals surface area (Å²) in [6.07, 6.45) is 2.18. The molecular weight excluding hydrogens is 479 g/mol. The van der Waals surface area contributed by atoms with E-state index in [0.29, 0.717) is 43.4 Å². The predicted octanol–water partition coefficient (Wildman–Crippen LogP) is 4.43. The average Bonchev–Trinajstić information content (AvgIpc) is 3.41. The third-order valence-corrected chi connectivity index (χ3v) is 6.19. The number of nitrogens with zero attached hydrogens (tertiary/aromatic N) is 3. The SMILES string of the molecule is CCN(CC)C(=O)c1ccc(Oc2cc(C(=O)Nc3ccn(C)n3)cc3c2CC(C)(COC)O3)cc1F. The van der Waals surface area contributed by atoms with Gasteiger partial charge in [0.1, 0.15) is 28.7 Å². The van der Waals surface area contributed by atoms with Crippen LogP contribution in [0.3, 0.4) is 0 Å². The van der Waals surface area contributed by atoms with Crippen LogP contribution in [0.4, 0.5) is 10.2 Å². The van der Waals surface area contributed by atoms with Gasteiger partial charge in [0.15, 0.2) is 5.82 Å². The quantitative estimate of drug-likeness (QED) is 0.458. The van der Waals surface area contributed by atoms with Crippen LogP contribution in [0.15, 0.2) is 42.6 Å². The first kappa shape index (κ1) is 26.2. The van der Waals surface area contributed by atoms with E-state index in [-0.39, 0.29) is 22.8 Å². The minimum Gasteiger partial charge on any atom is -0.484 e. The lowest BCUT2D eigenvalue weighted by Gasteiger charge is -2.22. The molecule has 0 aliphatic carbocycles. The second-order valence-corrected chi connectivity index (χ2v) is 9.16. The minimum absolute atomic E-state index is 0.0271. The number of ether oxygens (including phenoxy) is 3. The lowest BCUT2D eigenvalue weighted by Crippen LogP contribution is -2.35. The fourth-order valence-corrected chi connectivity index (χ4v) is 4.38. The van der Waals surface area contributed by atoms with Crippen molar-refractivity contribution in [2.75, 3.05) is 32.1 Å². The van der Waals surface area contributed by atoms with Gasteiger partial charge < -0.3 is 24.4 Å². The lowest BCUT2D eigenvalue weighted by atomic mass is 9.98. The van der Waals surface area contributed by atoms with Crippen LogP contribution in [0, 0.1) is 5.82 Å². The first-order chi connectivity index (χ1) is 17.7. The second-order valence-electron chi connectivity index (χ2n) is 9.16. The van der Waals surface area contributed by atoms with Gasteiger partial charge in [-0.05, 0) is 45.0 Å². The highest BCUT2D eigenvalue weighted by Crippen LogP contribution is 2.43. The van der Waals surface area contributed by atoms with Gasteiger partial charge in [0.2, 0.25) is 0 Å². The van der Waals surface area contributed by atoms with Crippen molar-refractivity contribution in [2.45, 2.75) is 32.8 Å². The van der Waals surface area contributed by atoms with Crippen LogP contribution in [0.2, 0.25) is 0 Å². The molecule has 196 valence electrons. The molecule has 0 bridgehead atoms. The molecule has 2 aromatic carbocycles. The zero-order chi connectivity index (χ0) is 26.7. The molecule has 9 nitrogen and oxygen atoms in total. The number of halogens is 1. The number of amides is 2. The van der Waals surface area contributed by atoms with Gasteiger partial charge in [0.25, 0.3) is 11.8 Å². The molecule has 4 rings (SSSR count). The molecule has 1 atom stereocenters. The molecule has 3 aromatic rings. The van der Waals surface area contributed by atoms with Gasteiger partial charge in [-0.25, -0.2) is 4.39 Å². The molecule has 2 amide bonds. The van der Waals surface area contributed by atoms with Crippen LogP contribution < -0.4 is 14.8 Å². The van der Waals surface area contributed by atoms with E-state index in [2.05, 4.69) is 10.4 Å². The third kappa shape index (κ3) is 5.59. The van der Waals surface area contributed by atoms with Gasteiger partial charge in [0.05, 0.1) is 12.2 Å². The Morgan fingerprint density at radius 3 is 2.59 bits per heavy atom. The van der Waals surface area contributed by atoms with Crippen molar-refractivity contribution in [2.24, 2.45) is 7.05 Å². The highest BCUT2D eigenvalue weighted by molar-refractivity contribution is 6.04. The van der Waals surface area contributed by atoms with Gasteiger partial charge in [-0.3, -0.25) is 14.3 Å². The predicted molar refractivity (Wildman–Crippen MR) is 136 cm³/mol. The number of aryl methyl sites for hydroxylation is 1. The van der Waals surface area contributed by atoms with Gasteiger partial charge in [-0.2, -0.15) is 5.10 Å². The molecular formula is C27H31FN4O5. The Hall–Kier alpha value is -3.92. The molecule has 0 fully saturated rings. The van der Waals surface area contributed by atoms with Crippen LogP contribution in [0.1, 0.15) is 47.1 Å². The number of rotatable bonds is 9. The van der Waals surface area contributed by atoms with E-state index in [1.54, 1.807) is 48.1 Å². The van der Waals surface area contributed by atoms with Crippen LogP contribution in [-0.4, -0.2) is 58.9 Å². The van der Waals surface area contributed by atoms with E-state index in [0.717, 1.165) is 5.56 Å². The number of carbonyl (C=O) groups excluding carboxylic acids is 2. The number of carbonyl (C=O) groups is 2. The van der Waals surface area contributed by atoms with Gasteiger partial charge in [0, 0.05) is 63.1 Å². The first-order valence-corrected chi connectivity index (χ1v) is 12.1. The van der Waals surface area contributed by atoms with E-state index in [4.69, 9.17) is 14.2 Å². The molecule has 0 saturated carbocycles. The summed E-state index contributed by atoms with van der Waals surface area (Å²) in [5.74, 6) is -0.0404. The first-order valence-electron chi connectivity index (χ1n) is 12.1. The van der Waals surface area contributed by atoms with E-state index in [1.165, 1.54) is 18.2 Å². The summed E-state index contributed by atoms with van der Waals surface area (Å²) in [6.45, 7) is 6.87. The topological polar surface area (TPSA) is 94.9 Å². The number of nitrogens with one attached hydrogen (secondary N) is 1. The summed E-state index contributed by atoms with van der Waals surface area (Å²) in [4.78, 5) is 27.2. The molecule has 0 radical (unpaired) electrons. The van der Waals surface area contributed by atoms with Crippen LogP contribution in [-0.2, 0) is 18.2 Å². The maximum atomic E-state index is 14.9. The van der Waals surface area contributed by atoms with Crippen molar-refractivity contribution < 1.29 is 28.2 Å². The van der Waals surface area contributed by atoms with Crippen molar-refractivity contribution in [1.29, 1.82) is 0 Å². The molecule has 10 heteroatoms. The molecule has 1 N–H and O–H groups in total. The summed E-state index contributed by atoms with van der Waals surface area (Å²) in [6, 6.07) is 9.04. The molecule has 0 saturated heterocycles. The van der Waals surface area contributed by atoms with Crippen molar-refractivity contribution in [3.63, 3.8) is 0 Å². The Kier molecular flexibility index (Phi) is 7.49. The van der Waals surface area contributed by atoms with E-state index in [1.807, 2.05) is 20.8 Å². The van der Waals surface area contributed by atoms with Crippen LogP contribution in [0.25, 0.3) is 0 Å². The Balaban J connectivity index is 1.66. The number of hydrogen-bond donors (Lipinski definition) is 1. The highest BCUT2D eigenvalue weighted by Gasteiger charge is 2.38. The Labute approximate surface area is 215 Å². The zero-order valence-corrected chi connectivity index (χ0v) is 21.6. The normalized spacial score (nSPS) is 16.2. The fourth-order valence-electron chi connectivity index (χ4n) is 4.38. The monoisotopic (exact) mass is 510 g/mol. The number of fused-ring (bicyclic) bond motifs is 1. The van der Waals surface area contributed by atoms with Crippen molar-refractivity contribution in [3.8, 4) is 17.2 Å². The maximum absolute atomic E-state index is 14.9. The van der Waals surface area contributed by atoms with Gasteiger partial charge in [-0.15, -0.1) is 0 Å². The number of anilines is 1. The van der Waals surface area contributed by atoms with Gasteiger partial charge >= 0.3 is 0 Å². The standard InChI is InChI=1S/C27H31FN4O5/c1-6-32(7-2)26(34)19-9-8-18(14-21(19)28)36-22-12-17(25(33)29-24-10-11-31(4)30-24)13-23-20(22)15-27(3,37-23)16-35-5/h8-14H,6-7,15-16H2,1-5H3,(H,29,30,33). The maximum Gasteiger partial charge on any atom is 0.257 e. The fraction of sp³-hybridized carbons (Fsp3) is 0.370. The summed E-state index contributed by atoms with van der Waals surface area (Å²) >= 11 is 0. The minimum atomic E-state index is -0.685. The summed E-state index contributed by atoms with van der Waals surface area (Å²) < 4.78 is 34.1. The summed E-state index contributed by atoms with van der Waals surface area (Å²) in [5.41, 5.74) is 0.338. The Bertz CT molecular complexity index is 1320. The van der Waals surface area contributed by atoms with Crippen molar-refractivity contribution in [3.05, 3.63) is 65.1 Å². The van der Waals surface area contributed by atoms with E-state index >= 15 is 0 Å². The van der Waals surface area contributed by atoms with Crippen LogP contribution >= 0.6 is 0 Å². The average molecular weight is 511 g/mol. The lowest BCUT2D eigenvalue weighted by molar-refractivity contribution is 0.0204. The molecule has 1 aliphatic heterocycles. The number of aromatic nitrogens is 2. The number of benzene rings is 2. The van der Waals surface area contributed by atoms with Crippen molar-refractivity contribution in [1.82, 2.24) is 14.7 Å². The zero-order valence-electron chi connectivity index (χ0n) is 21.6. The van der Waals surface area contributed by atoms with Crippen molar-refractivity contribution >= 4 is 17.6 Å². The van der Waals surface area contributed by atoms with E-state index < -0.39 is 17.3 Å². The highest BCUT2D eigenvalue weighted by atomic mass is 19.1. The Morgan fingerprint density at radius 1 is 1.22 bits per heavy atom. The molecule has 1 unspecified atom stereocenters. The molecule has 0 spiro atoms. The summed E-state index contributed by atoms with van der Waals surface area (Å²) in [7, 11) is 3.34. The molecule has 37 heavy (non-hydrogen) atoms. The summed E-state index contributed by atoms with van der Waals surface area (Å²) in [5, 5.41) is 6.93. The molecule has 1 aliphatic rings. The van der Waals surface area contributed by atoms with E-state index in [9.17, 15) is 14.0 Å². The van der Waals surface area contributed by atoms with Crippen LogP contribution in [0.5, 0.6) is 17.2 Å². The number of hydrogen-bond acceptors (Lipinski definition) is 6. The smallest absolute Gasteiger partial charge is 0.257 e. The third-order valence-electron chi connectivity index (χ3n) is 6.19. The number of methoxy groups -OCH3 is 1. The Morgan fingerprint density at radius 2 is 1.97 bits per heavy atom. The molecule has 2 heterocycles. The van der Waals surface area contributed by atoms with Gasteiger partial charge in [-0.1, -0.05) is 0 Å². The largest absolute Gasteiger partial charge is 0.484 e.